The quantitative estimate of drug-likeness (QED) is 0.473. The number of nitrogens with one attached hydrogen (secondary N) is 1. The molecule has 0 unspecified atom stereocenters. The van der Waals surface area contributed by atoms with Gasteiger partial charge in [-0.3, -0.25) is 0 Å². The molecule has 3 N–H and O–H groups in total. The molecule has 0 saturated carbocycles. The van der Waals surface area contributed by atoms with E-state index < -0.39 is 0 Å². The Hall–Kier alpha value is -2.11. The highest BCUT2D eigenvalue weighted by Gasteiger charge is 2.13. The monoisotopic (exact) mass is 265 g/mol. The average Bonchev–Trinajstić information content (AvgIpc) is 2.81. The van der Waals surface area contributed by atoms with Gasteiger partial charge in [0, 0.05) is 12.1 Å². The first-order valence-corrected chi connectivity index (χ1v) is 6.24. The van der Waals surface area contributed by atoms with Gasteiger partial charge in [-0.2, -0.15) is 0 Å². The Balaban J connectivity index is 1.77. The maximum Gasteiger partial charge on any atom is 0.231 e. The fourth-order valence-corrected chi connectivity index (χ4v) is 1.64. The van der Waals surface area contributed by atoms with Crippen LogP contribution < -0.4 is 25.3 Å². The van der Waals surface area contributed by atoms with Gasteiger partial charge in [-0.1, -0.05) is 0 Å². The van der Waals surface area contributed by atoms with Crippen molar-refractivity contribution in [2.24, 2.45) is 10.7 Å². The molecule has 104 valence electrons. The Morgan fingerprint density at radius 2 is 2.21 bits per heavy atom. The van der Waals surface area contributed by atoms with E-state index in [2.05, 4.69) is 10.3 Å². The molecule has 1 heterocycles. The zero-order chi connectivity index (χ0) is 13.7. The molecule has 1 aliphatic rings. The lowest BCUT2D eigenvalue weighted by molar-refractivity contribution is 0.174. The second-order valence-corrected chi connectivity index (χ2v) is 4.43. The molecule has 6 heteroatoms. The number of fused-ring (bicyclic) bond motifs is 1. The van der Waals surface area contributed by atoms with Gasteiger partial charge in [-0.15, -0.1) is 0 Å². The predicted octanol–water partition coefficient (Wildman–Crippen LogP) is 1.11. The summed E-state index contributed by atoms with van der Waals surface area (Å²) in [5, 5.41) is 3.01. The average molecular weight is 265 g/mol. The Morgan fingerprint density at radius 1 is 1.42 bits per heavy atom. The Morgan fingerprint density at radius 3 is 3.00 bits per heavy atom. The lowest BCUT2D eigenvalue weighted by Gasteiger charge is -2.09. The number of guanidine groups is 1. The van der Waals surface area contributed by atoms with E-state index >= 15 is 0 Å². The standard InChI is InChI=1S/C13H19N3O3/c1-9(2)16-13(14)15-5-6-17-10-3-4-11-12(7-10)19-8-18-11/h3-4,7,9H,5-6,8H2,1-2H3,(H3,14,15,16). The lowest BCUT2D eigenvalue weighted by atomic mass is 10.3. The fourth-order valence-electron chi connectivity index (χ4n) is 1.64. The summed E-state index contributed by atoms with van der Waals surface area (Å²) >= 11 is 0. The molecule has 6 nitrogen and oxygen atoms in total. The fraction of sp³-hybridized carbons (Fsp3) is 0.462. The number of aliphatic imine (C=N–C) groups is 1. The number of hydrogen-bond donors (Lipinski definition) is 2. The molecule has 2 rings (SSSR count). The normalized spacial score (nSPS) is 13.7. The lowest BCUT2D eigenvalue weighted by Crippen LogP contribution is -2.37. The van der Waals surface area contributed by atoms with Crippen molar-refractivity contribution in [3.63, 3.8) is 0 Å². The van der Waals surface area contributed by atoms with Crippen molar-refractivity contribution in [2.45, 2.75) is 19.9 Å². The molecule has 19 heavy (non-hydrogen) atoms. The van der Waals surface area contributed by atoms with Gasteiger partial charge in [0.15, 0.2) is 17.5 Å². The van der Waals surface area contributed by atoms with Crippen molar-refractivity contribution < 1.29 is 14.2 Å². The van der Waals surface area contributed by atoms with Gasteiger partial charge in [0.2, 0.25) is 6.79 Å². The molecule has 1 aromatic carbocycles. The Kier molecular flexibility index (Phi) is 4.33. The van der Waals surface area contributed by atoms with E-state index in [1.807, 2.05) is 32.0 Å². The molecular formula is C13H19N3O3. The third-order valence-corrected chi connectivity index (χ3v) is 2.42. The largest absolute Gasteiger partial charge is 0.492 e. The van der Waals surface area contributed by atoms with Gasteiger partial charge in [0.05, 0.1) is 6.54 Å². The van der Waals surface area contributed by atoms with Crippen LogP contribution in [0.3, 0.4) is 0 Å². The Labute approximate surface area is 112 Å². The van der Waals surface area contributed by atoms with Gasteiger partial charge < -0.3 is 25.3 Å². The van der Waals surface area contributed by atoms with E-state index in [4.69, 9.17) is 19.9 Å². The Bertz CT molecular complexity index is 460. The molecule has 0 radical (unpaired) electrons. The SMILES string of the molecule is CC(C)NC(N)=NCCOc1ccc2c(c1)OCO2. The molecule has 0 fully saturated rings. The number of nitrogens with two attached hydrogens (primary N) is 1. The summed E-state index contributed by atoms with van der Waals surface area (Å²) in [4.78, 5) is 4.15. The first kappa shape index (κ1) is 13.3. The molecule has 0 amide bonds. The van der Waals surface area contributed by atoms with E-state index in [9.17, 15) is 0 Å². The van der Waals surface area contributed by atoms with Crippen LogP contribution >= 0.6 is 0 Å². The van der Waals surface area contributed by atoms with Crippen LogP contribution in [0.5, 0.6) is 17.2 Å². The van der Waals surface area contributed by atoms with Crippen LogP contribution in [0.25, 0.3) is 0 Å². The van der Waals surface area contributed by atoms with Crippen LogP contribution in [0.15, 0.2) is 23.2 Å². The van der Waals surface area contributed by atoms with Gasteiger partial charge >= 0.3 is 0 Å². The zero-order valence-electron chi connectivity index (χ0n) is 11.2. The molecular weight excluding hydrogens is 246 g/mol. The predicted molar refractivity (Wildman–Crippen MR) is 72.8 cm³/mol. The van der Waals surface area contributed by atoms with Crippen LogP contribution in [0.2, 0.25) is 0 Å². The summed E-state index contributed by atoms with van der Waals surface area (Å²) in [6, 6.07) is 5.75. The van der Waals surface area contributed by atoms with Crippen LogP contribution in [0.1, 0.15) is 13.8 Å². The second-order valence-electron chi connectivity index (χ2n) is 4.43. The molecule has 0 aromatic heterocycles. The summed E-state index contributed by atoms with van der Waals surface area (Å²) in [6.45, 7) is 5.23. The van der Waals surface area contributed by atoms with E-state index in [0.29, 0.717) is 24.9 Å². The van der Waals surface area contributed by atoms with Crippen molar-refractivity contribution in [1.29, 1.82) is 0 Å². The highest BCUT2D eigenvalue weighted by molar-refractivity contribution is 5.78. The van der Waals surface area contributed by atoms with Crippen molar-refractivity contribution in [3.05, 3.63) is 18.2 Å². The number of nitrogens with zero attached hydrogens (tertiary/aromatic N) is 1. The highest BCUT2D eigenvalue weighted by atomic mass is 16.7. The molecule has 0 atom stereocenters. The summed E-state index contributed by atoms with van der Waals surface area (Å²) in [7, 11) is 0. The third-order valence-electron chi connectivity index (χ3n) is 2.42. The van der Waals surface area contributed by atoms with Gasteiger partial charge in [0.25, 0.3) is 0 Å². The van der Waals surface area contributed by atoms with Gasteiger partial charge in [-0.25, -0.2) is 4.99 Å². The maximum atomic E-state index is 5.67. The maximum absolute atomic E-state index is 5.67. The minimum Gasteiger partial charge on any atom is -0.492 e. The molecule has 0 saturated heterocycles. The third kappa shape index (κ3) is 3.94. The van der Waals surface area contributed by atoms with Crippen molar-refractivity contribution in [3.8, 4) is 17.2 Å². The molecule has 0 bridgehead atoms. The van der Waals surface area contributed by atoms with Crippen LogP contribution in [-0.4, -0.2) is 31.9 Å². The summed E-state index contributed by atoms with van der Waals surface area (Å²) in [6.07, 6.45) is 0. The van der Waals surface area contributed by atoms with Crippen LogP contribution in [0, 0.1) is 0 Å². The zero-order valence-corrected chi connectivity index (χ0v) is 11.2. The van der Waals surface area contributed by atoms with Crippen molar-refractivity contribution >= 4 is 5.96 Å². The highest BCUT2D eigenvalue weighted by Crippen LogP contribution is 2.34. The van der Waals surface area contributed by atoms with E-state index in [1.54, 1.807) is 0 Å². The summed E-state index contributed by atoms with van der Waals surface area (Å²) in [5.74, 6) is 2.62. The van der Waals surface area contributed by atoms with E-state index in [1.165, 1.54) is 0 Å². The molecule has 1 aromatic rings. The topological polar surface area (TPSA) is 78.1 Å². The van der Waals surface area contributed by atoms with Crippen molar-refractivity contribution in [1.82, 2.24) is 5.32 Å². The minimum absolute atomic E-state index is 0.264. The number of rotatable bonds is 5. The smallest absolute Gasteiger partial charge is 0.231 e. The van der Waals surface area contributed by atoms with Crippen LogP contribution in [0.4, 0.5) is 0 Å². The van der Waals surface area contributed by atoms with Crippen molar-refractivity contribution in [2.75, 3.05) is 19.9 Å². The number of ether oxygens (including phenoxy) is 3. The first-order chi connectivity index (χ1) is 9.15. The molecule has 0 spiro atoms. The van der Waals surface area contributed by atoms with Crippen LogP contribution in [-0.2, 0) is 0 Å². The second kappa shape index (κ2) is 6.17. The van der Waals surface area contributed by atoms with Gasteiger partial charge in [0.1, 0.15) is 12.4 Å². The first-order valence-electron chi connectivity index (χ1n) is 6.24. The number of benzene rings is 1. The molecule has 1 aliphatic heterocycles. The summed E-state index contributed by atoms with van der Waals surface area (Å²) < 4.78 is 16.1. The van der Waals surface area contributed by atoms with E-state index in [0.717, 1.165) is 11.5 Å². The van der Waals surface area contributed by atoms with Gasteiger partial charge in [-0.05, 0) is 26.0 Å². The van der Waals surface area contributed by atoms with E-state index in [-0.39, 0.29) is 12.8 Å². The summed E-state index contributed by atoms with van der Waals surface area (Å²) in [5.41, 5.74) is 5.67. The minimum atomic E-state index is 0.264. The number of hydrogen-bond acceptors (Lipinski definition) is 4. The molecule has 0 aliphatic carbocycles.